The molecule has 0 amide bonds. The number of nitrogens with zero attached hydrogens (tertiary/aromatic N) is 1. The van der Waals surface area contributed by atoms with E-state index < -0.39 is 0 Å². The van der Waals surface area contributed by atoms with Gasteiger partial charge in [0, 0.05) is 17.0 Å². The van der Waals surface area contributed by atoms with Gasteiger partial charge in [-0.3, -0.25) is 0 Å². The van der Waals surface area contributed by atoms with E-state index in [-0.39, 0.29) is 6.10 Å². The lowest BCUT2D eigenvalue weighted by Gasteiger charge is -2.27. The largest absolute Gasteiger partial charge is 0.483 e. The van der Waals surface area contributed by atoms with Crippen LogP contribution in [0.15, 0.2) is 47.6 Å². The van der Waals surface area contributed by atoms with E-state index in [2.05, 4.69) is 5.16 Å². The first kappa shape index (κ1) is 13.3. The zero-order valence-electron chi connectivity index (χ0n) is 10.4. The van der Waals surface area contributed by atoms with Gasteiger partial charge in [0.1, 0.15) is 11.9 Å². The molecule has 0 aliphatic carbocycles. The van der Waals surface area contributed by atoms with E-state index >= 15 is 0 Å². The summed E-state index contributed by atoms with van der Waals surface area (Å²) in [5, 5.41) is 13.5. The third-order valence-corrected chi connectivity index (χ3v) is 3.75. The minimum atomic E-state index is -0.228. The van der Waals surface area contributed by atoms with Crippen LogP contribution >= 0.6 is 23.2 Å². The number of rotatable bonds is 1. The molecule has 1 aliphatic rings. The fourth-order valence-electron chi connectivity index (χ4n) is 2.31. The van der Waals surface area contributed by atoms with Gasteiger partial charge in [0.25, 0.3) is 0 Å². The van der Waals surface area contributed by atoms with E-state index in [0.717, 1.165) is 5.56 Å². The van der Waals surface area contributed by atoms with E-state index in [4.69, 9.17) is 27.9 Å². The van der Waals surface area contributed by atoms with Crippen molar-refractivity contribution in [1.29, 1.82) is 0 Å². The highest BCUT2D eigenvalue weighted by molar-refractivity contribution is 6.36. The molecule has 1 N–H and O–H groups in total. The minimum Gasteiger partial charge on any atom is -0.483 e. The van der Waals surface area contributed by atoms with Crippen LogP contribution in [0, 0.1) is 0 Å². The van der Waals surface area contributed by atoms with Gasteiger partial charge in [0.2, 0.25) is 0 Å². The number of fused-ring (bicyclic) bond motifs is 1. The van der Waals surface area contributed by atoms with Crippen LogP contribution in [0.4, 0.5) is 0 Å². The molecule has 0 bridgehead atoms. The van der Waals surface area contributed by atoms with Crippen LogP contribution in [0.2, 0.25) is 10.0 Å². The molecule has 20 heavy (non-hydrogen) atoms. The van der Waals surface area contributed by atoms with Crippen molar-refractivity contribution >= 4 is 28.9 Å². The second-order valence-electron chi connectivity index (χ2n) is 4.53. The smallest absolute Gasteiger partial charge is 0.148 e. The summed E-state index contributed by atoms with van der Waals surface area (Å²) < 4.78 is 5.95. The van der Waals surface area contributed by atoms with Gasteiger partial charge in [-0.15, -0.1) is 0 Å². The van der Waals surface area contributed by atoms with Crippen molar-refractivity contribution < 1.29 is 9.94 Å². The maximum Gasteiger partial charge on any atom is 0.148 e. The maximum atomic E-state index is 9.23. The summed E-state index contributed by atoms with van der Waals surface area (Å²) in [4.78, 5) is 0. The Bertz CT molecular complexity index is 671. The SMILES string of the molecule is O/N=C1\CC(c2ccccc2)Oc2c(Cl)cc(Cl)cc21. The molecule has 2 aromatic carbocycles. The van der Waals surface area contributed by atoms with Gasteiger partial charge >= 0.3 is 0 Å². The highest BCUT2D eigenvalue weighted by Gasteiger charge is 2.28. The Morgan fingerprint density at radius 1 is 1.15 bits per heavy atom. The topological polar surface area (TPSA) is 41.8 Å². The molecule has 5 heteroatoms. The zero-order chi connectivity index (χ0) is 14.1. The highest BCUT2D eigenvalue weighted by atomic mass is 35.5. The first-order valence-electron chi connectivity index (χ1n) is 6.11. The van der Waals surface area contributed by atoms with Gasteiger partial charge in [-0.05, 0) is 17.7 Å². The van der Waals surface area contributed by atoms with Crippen molar-refractivity contribution in [2.75, 3.05) is 0 Å². The Balaban J connectivity index is 2.07. The Morgan fingerprint density at radius 3 is 2.60 bits per heavy atom. The van der Waals surface area contributed by atoms with Gasteiger partial charge in [-0.25, -0.2) is 0 Å². The Labute approximate surface area is 126 Å². The van der Waals surface area contributed by atoms with E-state index in [1.165, 1.54) is 0 Å². The fourth-order valence-corrected chi connectivity index (χ4v) is 2.85. The Morgan fingerprint density at radius 2 is 1.90 bits per heavy atom. The van der Waals surface area contributed by atoms with Crippen molar-refractivity contribution in [2.45, 2.75) is 12.5 Å². The number of halogens is 2. The highest BCUT2D eigenvalue weighted by Crippen LogP contribution is 2.41. The van der Waals surface area contributed by atoms with E-state index in [1.54, 1.807) is 12.1 Å². The number of hydrogen-bond acceptors (Lipinski definition) is 3. The molecule has 0 aromatic heterocycles. The first-order chi connectivity index (χ1) is 9.69. The molecule has 1 unspecified atom stereocenters. The molecule has 0 radical (unpaired) electrons. The summed E-state index contributed by atoms with van der Waals surface area (Å²) in [6.45, 7) is 0. The lowest BCUT2D eigenvalue weighted by atomic mass is 9.95. The maximum absolute atomic E-state index is 9.23. The van der Waals surface area contributed by atoms with Crippen LogP contribution in [-0.4, -0.2) is 10.9 Å². The standard InChI is InChI=1S/C15H11Cl2NO2/c16-10-6-11-13(18-19)8-14(9-4-2-1-3-5-9)20-15(11)12(17)7-10/h1-7,14,19H,8H2/b18-13+. The lowest BCUT2D eigenvalue weighted by Crippen LogP contribution is -2.21. The van der Waals surface area contributed by atoms with Crippen molar-refractivity contribution in [3.05, 3.63) is 63.6 Å². The van der Waals surface area contributed by atoms with Crippen LogP contribution in [-0.2, 0) is 0 Å². The molecule has 1 heterocycles. The summed E-state index contributed by atoms with van der Waals surface area (Å²) >= 11 is 12.2. The summed E-state index contributed by atoms with van der Waals surface area (Å²) in [6.07, 6.45) is 0.234. The van der Waals surface area contributed by atoms with Gasteiger partial charge in [0.15, 0.2) is 0 Å². The molecule has 0 spiro atoms. The average molecular weight is 308 g/mol. The lowest BCUT2D eigenvalue weighted by molar-refractivity contribution is 0.203. The molecule has 0 saturated heterocycles. The molecule has 3 rings (SSSR count). The fraction of sp³-hybridized carbons (Fsp3) is 0.133. The second-order valence-corrected chi connectivity index (χ2v) is 5.38. The van der Waals surface area contributed by atoms with Crippen LogP contribution < -0.4 is 4.74 Å². The monoisotopic (exact) mass is 307 g/mol. The average Bonchev–Trinajstić information content (AvgIpc) is 2.47. The van der Waals surface area contributed by atoms with Crippen molar-refractivity contribution in [3.63, 3.8) is 0 Å². The molecule has 3 nitrogen and oxygen atoms in total. The van der Waals surface area contributed by atoms with Crippen molar-refractivity contribution in [3.8, 4) is 5.75 Å². The summed E-state index contributed by atoms with van der Waals surface area (Å²) in [6, 6.07) is 13.1. The van der Waals surface area contributed by atoms with E-state index in [1.807, 2.05) is 30.3 Å². The van der Waals surface area contributed by atoms with Crippen LogP contribution in [0.25, 0.3) is 0 Å². The quantitative estimate of drug-likeness (QED) is 0.613. The zero-order valence-corrected chi connectivity index (χ0v) is 11.9. The Kier molecular flexibility index (Phi) is 3.55. The molecule has 1 aliphatic heterocycles. The minimum absolute atomic E-state index is 0.228. The summed E-state index contributed by atoms with van der Waals surface area (Å²) in [5.41, 5.74) is 2.16. The molecular weight excluding hydrogens is 297 g/mol. The Hall–Kier alpha value is -1.71. The normalized spacial score (nSPS) is 19.5. The predicted molar refractivity (Wildman–Crippen MR) is 79.2 cm³/mol. The van der Waals surface area contributed by atoms with Gasteiger partial charge in [0.05, 0.1) is 10.7 Å². The molecule has 0 saturated carbocycles. The van der Waals surface area contributed by atoms with Gasteiger partial charge < -0.3 is 9.94 Å². The molecule has 0 fully saturated rings. The second kappa shape index (κ2) is 5.35. The van der Waals surface area contributed by atoms with Crippen molar-refractivity contribution in [2.24, 2.45) is 5.16 Å². The molecule has 1 atom stereocenters. The van der Waals surface area contributed by atoms with Gasteiger partial charge in [-0.1, -0.05) is 58.7 Å². The third kappa shape index (κ3) is 2.35. The molecule has 2 aromatic rings. The number of hydrogen-bond donors (Lipinski definition) is 1. The van der Waals surface area contributed by atoms with Crippen LogP contribution in [0.5, 0.6) is 5.75 Å². The first-order valence-corrected chi connectivity index (χ1v) is 6.86. The number of benzene rings is 2. The van der Waals surface area contributed by atoms with E-state index in [9.17, 15) is 5.21 Å². The van der Waals surface area contributed by atoms with Crippen LogP contribution in [0.3, 0.4) is 0 Å². The van der Waals surface area contributed by atoms with Crippen molar-refractivity contribution in [1.82, 2.24) is 0 Å². The predicted octanol–water partition coefficient (Wildman–Crippen LogP) is 4.70. The van der Waals surface area contributed by atoms with Gasteiger partial charge in [-0.2, -0.15) is 0 Å². The number of ether oxygens (including phenoxy) is 1. The summed E-state index contributed by atoms with van der Waals surface area (Å²) in [5.74, 6) is 0.504. The summed E-state index contributed by atoms with van der Waals surface area (Å²) in [7, 11) is 0. The number of oxime groups is 1. The molecular formula is C15H11Cl2NO2. The molecule has 102 valence electrons. The van der Waals surface area contributed by atoms with E-state index in [0.29, 0.717) is 33.5 Å². The van der Waals surface area contributed by atoms with Crippen LogP contribution in [0.1, 0.15) is 23.7 Å². The third-order valence-electron chi connectivity index (χ3n) is 3.25.